The molecule has 0 saturated heterocycles. The molecule has 0 bridgehead atoms. The van der Waals surface area contributed by atoms with Crippen molar-refractivity contribution in [3.63, 3.8) is 0 Å². The van der Waals surface area contributed by atoms with Gasteiger partial charge in [-0.3, -0.25) is 0 Å². The van der Waals surface area contributed by atoms with E-state index in [0.717, 1.165) is 14.3 Å². The molecule has 0 aliphatic carbocycles. The van der Waals surface area contributed by atoms with Gasteiger partial charge in [0.1, 0.15) is 0 Å². The number of rotatable bonds is 5. The zero-order chi connectivity index (χ0) is 7.11. The molecule has 0 atom stereocenters. The third-order valence-electron chi connectivity index (χ3n) is 0.642. The maximum atomic E-state index is 8.59. The van der Waals surface area contributed by atoms with E-state index in [1.807, 2.05) is 0 Å². The van der Waals surface area contributed by atoms with Crippen LogP contribution in [0.4, 0.5) is 0 Å². The molecule has 0 unspecified atom stereocenters. The number of halogens is 2. The van der Waals surface area contributed by atoms with E-state index in [4.69, 9.17) is 9.94 Å². The Morgan fingerprint density at radius 1 is 1.44 bits per heavy atom. The van der Waals surface area contributed by atoms with Crippen molar-refractivity contribution in [2.45, 2.75) is 0 Å². The van der Waals surface area contributed by atoms with E-state index >= 15 is 0 Å². The molecule has 1 N–H and O–H groups in total. The molecule has 0 saturated carbocycles. The zero-order valence-corrected chi connectivity index (χ0v) is 9.20. The van der Waals surface area contributed by atoms with Gasteiger partial charge in [0.25, 0.3) is 0 Å². The van der Waals surface area contributed by atoms with Gasteiger partial charge in [0.15, 0.2) is 0 Å². The highest BCUT2D eigenvalue weighted by atomic mass is 127. The number of hydrogen-bond donors (Lipinski definition) is 1. The molecule has 0 aromatic carbocycles. The monoisotopic (exact) mass is 357 g/mol. The molecular formula is C4H9I2NO2. The zero-order valence-electron chi connectivity index (χ0n) is 4.89. The van der Waals surface area contributed by atoms with Crippen molar-refractivity contribution in [2.75, 3.05) is 24.2 Å². The van der Waals surface area contributed by atoms with Crippen molar-refractivity contribution >= 4 is 45.5 Å². The smallest absolute Gasteiger partial charge is 0.0625 e. The summed E-state index contributed by atoms with van der Waals surface area (Å²) in [6.07, 6.45) is 0. The molecule has 0 aliphatic rings. The first-order valence-corrected chi connectivity index (χ1v) is 5.02. The SMILES string of the molecule is ON(I)CCOCCI. The highest BCUT2D eigenvalue weighted by molar-refractivity contribution is 14.1. The number of hydroxylamine groups is 1. The summed E-state index contributed by atoms with van der Waals surface area (Å²) in [6.45, 7) is 1.94. The van der Waals surface area contributed by atoms with Crippen LogP contribution in [0.1, 0.15) is 0 Å². The van der Waals surface area contributed by atoms with Crippen LogP contribution >= 0.6 is 45.5 Å². The van der Waals surface area contributed by atoms with E-state index in [0.29, 0.717) is 13.2 Å². The molecule has 0 radical (unpaired) electrons. The number of alkyl halides is 1. The summed E-state index contributed by atoms with van der Waals surface area (Å²) in [7, 11) is 0. The Balaban J connectivity index is 2.75. The molecule has 0 heterocycles. The van der Waals surface area contributed by atoms with Crippen LogP contribution in [0, 0.1) is 0 Å². The normalized spacial score (nSPS) is 10.7. The summed E-state index contributed by atoms with van der Waals surface area (Å²) in [6, 6.07) is 0. The quantitative estimate of drug-likeness (QED) is 0.266. The fourth-order valence-corrected chi connectivity index (χ4v) is 0.805. The van der Waals surface area contributed by atoms with E-state index in [9.17, 15) is 0 Å². The van der Waals surface area contributed by atoms with Crippen molar-refractivity contribution in [1.82, 2.24) is 3.28 Å². The third kappa shape index (κ3) is 9.34. The third-order valence-corrected chi connectivity index (χ3v) is 1.56. The number of nitrogens with zero attached hydrogens (tertiary/aromatic N) is 1. The molecule has 0 amide bonds. The molecule has 5 heteroatoms. The molecule has 0 rings (SSSR count). The van der Waals surface area contributed by atoms with Crippen LogP contribution in [0.25, 0.3) is 0 Å². The molecule has 0 aliphatic heterocycles. The lowest BCUT2D eigenvalue weighted by molar-refractivity contribution is 0.0127. The van der Waals surface area contributed by atoms with Crippen molar-refractivity contribution in [3.05, 3.63) is 0 Å². The van der Waals surface area contributed by atoms with Gasteiger partial charge in [0.2, 0.25) is 0 Å². The molecule has 3 nitrogen and oxygen atoms in total. The van der Waals surface area contributed by atoms with E-state index < -0.39 is 0 Å². The van der Waals surface area contributed by atoms with E-state index in [1.54, 1.807) is 22.9 Å². The van der Waals surface area contributed by atoms with Crippen LogP contribution in [0.2, 0.25) is 0 Å². The maximum absolute atomic E-state index is 8.59. The molecule has 56 valence electrons. The second kappa shape index (κ2) is 7.45. The second-order valence-electron chi connectivity index (χ2n) is 1.36. The van der Waals surface area contributed by atoms with E-state index in [-0.39, 0.29) is 0 Å². The van der Waals surface area contributed by atoms with E-state index in [2.05, 4.69) is 22.6 Å². The minimum Gasteiger partial charge on any atom is -0.379 e. The topological polar surface area (TPSA) is 32.7 Å². The Morgan fingerprint density at radius 3 is 2.56 bits per heavy atom. The van der Waals surface area contributed by atoms with Crippen molar-refractivity contribution in [3.8, 4) is 0 Å². The van der Waals surface area contributed by atoms with Gasteiger partial charge in [-0.15, -0.1) is 3.28 Å². The molecular weight excluding hydrogens is 348 g/mol. The summed E-state index contributed by atoms with van der Waals surface area (Å²) >= 11 is 4.04. The Bertz CT molecular complexity index is 62.5. The molecule has 0 aromatic rings. The summed E-state index contributed by atoms with van der Waals surface area (Å²) in [5, 5.41) is 8.59. The minimum atomic E-state index is 0.567. The second-order valence-corrected chi connectivity index (χ2v) is 3.55. The highest BCUT2D eigenvalue weighted by Crippen LogP contribution is 1.91. The lowest BCUT2D eigenvalue weighted by Gasteiger charge is -2.04. The minimum absolute atomic E-state index is 0.567. The molecule has 0 aromatic heterocycles. The fraction of sp³-hybridized carbons (Fsp3) is 1.00. The van der Waals surface area contributed by atoms with Crippen LogP contribution in [0.5, 0.6) is 0 Å². The molecule has 0 spiro atoms. The predicted octanol–water partition coefficient (Wildman–Crippen LogP) is 1.48. The van der Waals surface area contributed by atoms with Gasteiger partial charge in [0.05, 0.1) is 19.8 Å². The molecule has 9 heavy (non-hydrogen) atoms. The highest BCUT2D eigenvalue weighted by Gasteiger charge is 1.91. The standard InChI is InChI=1S/C4H9I2NO2/c5-1-3-9-4-2-7(6)8/h8H,1-4H2. The average Bonchev–Trinajstić information content (AvgIpc) is 1.80. The first-order chi connectivity index (χ1) is 4.27. The van der Waals surface area contributed by atoms with Gasteiger partial charge < -0.3 is 9.94 Å². The van der Waals surface area contributed by atoms with Crippen LogP contribution in [-0.2, 0) is 4.74 Å². The van der Waals surface area contributed by atoms with Gasteiger partial charge >= 0.3 is 0 Å². The van der Waals surface area contributed by atoms with Crippen LogP contribution in [-0.4, -0.2) is 32.7 Å². The van der Waals surface area contributed by atoms with Crippen LogP contribution in [0.3, 0.4) is 0 Å². The van der Waals surface area contributed by atoms with Gasteiger partial charge in [-0.25, -0.2) is 0 Å². The Hall–Kier alpha value is 1.34. The predicted molar refractivity (Wildman–Crippen MR) is 52.2 cm³/mol. The van der Waals surface area contributed by atoms with Crippen LogP contribution < -0.4 is 0 Å². The fourth-order valence-electron chi connectivity index (χ4n) is 0.296. The average molecular weight is 357 g/mol. The van der Waals surface area contributed by atoms with Gasteiger partial charge in [0, 0.05) is 27.3 Å². The number of hydrogen-bond acceptors (Lipinski definition) is 3. The van der Waals surface area contributed by atoms with Crippen LogP contribution in [0.15, 0.2) is 0 Å². The van der Waals surface area contributed by atoms with Crippen molar-refractivity contribution in [1.29, 1.82) is 0 Å². The van der Waals surface area contributed by atoms with Crippen molar-refractivity contribution in [2.24, 2.45) is 0 Å². The van der Waals surface area contributed by atoms with Crippen molar-refractivity contribution < 1.29 is 9.94 Å². The Kier molecular flexibility index (Phi) is 8.56. The first kappa shape index (κ1) is 10.3. The Labute approximate surface area is 82.3 Å². The number of ether oxygens (including phenoxy) is 1. The van der Waals surface area contributed by atoms with Gasteiger partial charge in [-0.05, 0) is 0 Å². The summed E-state index contributed by atoms with van der Waals surface area (Å²) in [4.78, 5) is 0. The van der Waals surface area contributed by atoms with E-state index in [1.165, 1.54) is 0 Å². The summed E-state index contributed by atoms with van der Waals surface area (Å²) in [5.41, 5.74) is 0. The Morgan fingerprint density at radius 2 is 2.11 bits per heavy atom. The van der Waals surface area contributed by atoms with Gasteiger partial charge in [-0.2, -0.15) is 0 Å². The van der Waals surface area contributed by atoms with Gasteiger partial charge in [-0.1, -0.05) is 22.6 Å². The first-order valence-electron chi connectivity index (χ1n) is 2.53. The largest absolute Gasteiger partial charge is 0.379 e. The lowest BCUT2D eigenvalue weighted by Crippen LogP contribution is -2.13. The molecule has 0 fully saturated rings. The maximum Gasteiger partial charge on any atom is 0.0625 e. The summed E-state index contributed by atoms with van der Waals surface area (Å²) in [5.74, 6) is 0. The lowest BCUT2D eigenvalue weighted by atomic mass is 10.7. The summed E-state index contributed by atoms with van der Waals surface area (Å²) < 4.78 is 7.17.